The molecule has 1 aliphatic carbocycles. The molecule has 2 rings (SSSR count). The summed E-state index contributed by atoms with van der Waals surface area (Å²) in [4.78, 5) is 35.7. The first-order chi connectivity index (χ1) is 12.3. The number of carboxylic acids is 1. The van der Waals surface area contributed by atoms with E-state index in [1.807, 2.05) is 6.92 Å². The highest BCUT2D eigenvalue weighted by atomic mass is 35.5. The zero-order valence-electron chi connectivity index (χ0n) is 14.8. The van der Waals surface area contributed by atoms with Crippen LogP contribution in [-0.4, -0.2) is 29.0 Å². The highest BCUT2D eigenvalue weighted by Gasteiger charge is 2.36. The molecule has 26 heavy (non-hydrogen) atoms. The van der Waals surface area contributed by atoms with Crippen molar-refractivity contribution in [2.24, 2.45) is 11.8 Å². The summed E-state index contributed by atoms with van der Waals surface area (Å²) in [6, 6.07) is 5.04. The summed E-state index contributed by atoms with van der Waals surface area (Å²) in [5.74, 6) is -2.84. The van der Waals surface area contributed by atoms with Crippen molar-refractivity contribution in [2.45, 2.75) is 45.6 Å². The minimum Gasteiger partial charge on any atom is -0.481 e. The van der Waals surface area contributed by atoms with E-state index in [0.29, 0.717) is 23.6 Å². The predicted molar refractivity (Wildman–Crippen MR) is 95.6 cm³/mol. The summed E-state index contributed by atoms with van der Waals surface area (Å²) < 4.78 is 5.58. The molecule has 8 heteroatoms. The number of halogens is 1. The van der Waals surface area contributed by atoms with Crippen LogP contribution in [0.1, 0.15) is 38.2 Å². The lowest BCUT2D eigenvalue weighted by atomic mass is 9.79. The molecular weight excluding hydrogens is 360 g/mol. The molecule has 1 aromatic rings. The smallest absolute Gasteiger partial charge is 0.307 e. The SMILES string of the molecule is Cc1cc(Cl)ccc1O[C@H](C)C(=O)NNC(=O)[C@H]1CCCC[C@H]1C(=O)O. The summed E-state index contributed by atoms with van der Waals surface area (Å²) >= 11 is 5.88. The van der Waals surface area contributed by atoms with E-state index in [0.717, 1.165) is 18.4 Å². The second kappa shape index (κ2) is 8.89. The fourth-order valence-corrected chi connectivity index (χ4v) is 3.27. The van der Waals surface area contributed by atoms with Gasteiger partial charge in [0.05, 0.1) is 11.8 Å². The molecule has 2 amide bonds. The molecular formula is C18H23ClN2O5. The van der Waals surface area contributed by atoms with Gasteiger partial charge in [0.15, 0.2) is 6.10 Å². The lowest BCUT2D eigenvalue weighted by Gasteiger charge is -2.27. The number of benzene rings is 1. The maximum atomic E-state index is 12.2. The fourth-order valence-electron chi connectivity index (χ4n) is 3.05. The van der Waals surface area contributed by atoms with Crippen LogP contribution in [0, 0.1) is 18.8 Å². The zero-order valence-corrected chi connectivity index (χ0v) is 15.5. The zero-order chi connectivity index (χ0) is 19.3. The van der Waals surface area contributed by atoms with Crippen molar-refractivity contribution in [3.05, 3.63) is 28.8 Å². The molecule has 0 bridgehead atoms. The minimum atomic E-state index is -0.980. The molecule has 1 fully saturated rings. The molecule has 0 heterocycles. The van der Waals surface area contributed by atoms with Crippen LogP contribution in [0.4, 0.5) is 0 Å². The fraction of sp³-hybridized carbons (Fsp3) is 0.500. The second-order valence-corrected chi connectivity index (χ2v) is 6.92. The number of hydrogen-bond acceptors (Lipinski definition) is 4. The lowest BCUT2D eigenvalue weighted by Crippen LogP contribution is -2.51. The molecule has 3 N–H and O–H groups in total. The van der Waals surface area contributed by atoms with Crippen LogP contribution in [0.25, 0.3) is 0 Å². The summed E-state index contributed by atoms with van der Waals surface area (Å²) in [5.41, 5.74) is 5.42. The molecule has 7 nitrogen and oxygen atoms in total. The van der Waals surface area contributed by atoms with E-state index in [2.05, 4.69) is 10.9 Å². The van der Waals surface area contributed by atoms with Crippen LogP contribution in [0.2, 0.25) is 5.02 Å². The van der Waals surface area contributed by atoms with Crippen molar-refractivity contribution in [1.29, 1.82) is 0 Å². The Morgan fingerprint density at radius 1 is 1.19 bits per heavy atom. The molecule has 0 saturated heterocycles. The number of hydrogen-bond donors (Lipinski definition) is 3. The molecule has 1 aromatic carbocycles. The Hall–Kier alpha value is -2.28. The number of hydrazine groups is 1. The Balaban J connectivity index is 1.88. The molecule has 0 radical (unpaired) electrons. The summed E-state index contributed by atoms with van der Waals surface area (Å²) in [6.07, 6.45) is 1.70. The van der Waals surface area contributed by atoms with Gasteiger partial charge in [0, 0.05) is 5.02 Å². The second-order valence-electron chi connectivity index (χ2n) is 6.48. The van der Waals surface area contributed by atoms with Crippen molar-refractivity contribution in [3.8, 4) is 5.75 Å². The Labute approximate surface area is 157 Å². The van der Waals surface area contributed by atoms with Crippen molar-refractivity contribution in [2.75, 3.05) is 0 Å². The van der Waals surface area contributed by atoms with E-state index < -0.39 is 35.7 Å². The van der Waals surface area contributed by atoms with Gasteiger partial charge in [-0.15, -0.1) is 0 Å². The van der Waals surface area contributed by atoms with Gasteiger partial charge in [-0.05, 0) is 50.5 Å². The van der Waals surface area contributed by atoms with E-state index in [1.165, 1.54) is 0 Å². The van der Waals surface area contributed by atoms with Crippen LogP contribution in [0.15, 0.2) is 18.2 Å². The van der Waals surface area contributed by atoms with Gasteiger partial charge in [0.1, 0.15) is 5.75 Å². The third-order valence-corrected chi connectivity index (χ3v) is 4.77. The normalized spacial score (nSPS) is 20.7. The predicted octanol–water partition coefficient (Wildman–Crippen LogP) is 2.45. The minimum absolute atomic E-state index is 0.469. The summed E-state index contributed by atoms with van der Waals surface area (Å²) in [7, 11) is 0. The third-order valence-electron chi connectivity index (χ3n) is 4.54. The molecule has 0 unspecified atom stereocenters. The number of nitrogens with one attached hydrogen (secondary N) is 2. The van der Waals surface area contributed by atoms with Crippen LogP contribution in [0.5, 0.6) is 5.75 Å². The Morgan fingerprint density at radius 2 is 1.85 bits per heavy atom. The van der Waals surface area contributed by atoms with E-state index in [4.69, 9.17) is 16.3 Å². The number of carbonyl (C=O) groups excluding carboxylic acids is 2. The monoisotopic (exact) mass is 382 g/mol. The van der Waals surface area contributed by atoms with Crippen molar-refractivity contribution < 1.29 is 24.2 Å². The van der Waals surface area contributed by atoms with Crippen LogP contribution in [0.3, 0.4) is 0 Å². The Morgan fingerprint density at radius 3 is 2.46 bits per heavy atom. The molecule has 0 aliphatic heterocycles. The summed E-state index contributed by atoms with van der Waals surface area (Å²) in [5, 5.41) is 9.81. The molecule has 1 saturated carbocycles. The topological polar surface area (TPSA) is 105 Å². The number of ether oxygens (including phenoxy) is 1. The van der Waals surface area contributed by atoms with Crippen molar-refractivity contribution in [3.63, 3.8) is 0 Å². The van der Waals surface area contributed by atoms with Crippen molar-refractivity contribution >= 4 is 29.4 Å². The number of aliphatic carboxylic acids is 1. The number of carboxylic acid groups (broad SMARTS) is 1. The molecule has 0 spiro atoms. The first-order valence-corrected chi connectivity index (χ1v) is 8.92. The van der Waals surface area contributed by atoms with Crippen LogP contribution in [-0.2, 0) is 14.4 Å². The largest absolute Gasteiger partial charge is 0.481 e. The van der Waals surface area contributed by atoms with Gasteiger partial charge in [-0.1, -0.05) is 24.4 Å². The standard InChI is InChI=1S/C18H23ClN2O5/c1-10-9-12(19)7-8-15(10)26-11(2)16(22)20-21-17(23)13-5-3-4-6-14(13)18(24)25/h7-9,11,13-14H,3-6H2,1-2H3,(H,20,22)(H,21,23)(H,24,25)/t11-,13+,14-/m1/s1. The first-order valence-electron chi connectivity index (χ1n) is 8.55. The number of amides is 2. The van der Waals surface area contributed by atoms with Crippen LogP contribution < -0.4 is 15.6 Å². The van der Waals surface area contributed by atoms with Gasteiger partial charge >= 0.3 is 5.97 Å². The third kappa shape index (κ3) is 5.11. The Bertz CT molecular complexity index is 694. The van der Waals surface area contributed by atoms with Crippen molar-refractivity contribution in [1.82, 2.24) is 10.9 Å². The van der Waals surface area contributed by atoms with Gasteiger partial charge in [0.2, 0.25) is 5.91 Å². The Kier molecular flexibility index (Phi) is 6.85. The van der Waals surface area contributed by atoms with Gasteiger partial charge in [-0.25, -0.2) is 0 Å². The molecule has 142 valence electrons. The van der Waals surface area contributed by atoms with E-state index in [1.54, 1.807) is 25.1 Å². The van der Waals surface area contributed by atoms with E-state index in [-0.39, 0.29) is 0 Å². The van der Waals surface area contributed by atoms with E-state index >= 15 is 0 Å². The quantitative estimate of drug-likeness (QED) is 0.678. The molecule has 3 atom stereocenters. The van der Waals surface area contributed by atoms with Gasteiger partial charge < -0.3 is 9.84 Å². The van der Waals surface area contributed by atoms with Gasteiger partial charge in [-0.3, -0.25) is 25.2 Å². The average Bonchev–Trinajstić information content (AvgIpc) is 2.61. The van der Waals surface area contributed by atoms with E-state index in [9.17, 15) is 19.5 Å². The summed E-state index contributed by atoms with van der Waals surface area (Å²) in [6.45, 7) is 3.36. The maximum Gasteiger partial charge on any atom is 0.307 e. The number of rotatable bonds is 5. The molecule has 0 aromatic heterocycles. The number of aryl methyl sites for hydroxylation is 1. The van der Waals surface area contributed by atoms with Crippen LogP contribution >= 0.6 is 11.6 Å². The lowest BCUT2D eigenvalue weighted by molar-refractivity contribution is -0.149. The maximum absolute atomic E-state index is 12.2. The highest BCUT2D eigenvalue weighted by Crippen LogP contribution is 2.30. The number of carbonyl (C=O) groups is 3. The first kappa shape index (κ1) is 20.0. The average molecular weight is 383 g/mol. The van der Waals surface area contributed by atoms with Gasteiger partial charge in [0.25, 0.3) is 5.91 Å². The van der Waals surface area contributed by atoms with Gasteiger partial charge in [-0.2, -0.15) is 0 Å². The highest BCUT2D eigenvalue weighted by molar-refractivity contribution is 6.30. The molecule has 1 aliphatic rings.